The van der Waals surface area contributed by atoms with E-state index in [-0.39, 0.29) is 5.91 Å². The topological polar surface area (TPSA) is 71.5 Å². The molecule has 60 valence electrons. The molecule has 0 bridgehead atoms. The molecule has 0 aromatic rings. The maximum Gasteiger partial charge on any atom is 0.425 e. The smallest absolute Gasteiger partial charge is 0.349 e. The molecule has 0 saturated carbocycles. The van der Waals surface area contributed by atoms with Crippen molar-refractivity contribution in [3.63, 3.8) is 0 Å². The molecule has 0 aliphatic heterocycles. The van der Waals surface area contributed by atoms with Crippen LogP contribution >= 0.6 is 0 Å². The van der Waals surface area contributed by atoms with Crippen LogP contribution in [-0.4, -0.2) is 37.5 Å². The molecule has 5 nitrogen and oxygen atoms in total. The second kappa shape index (κ2) is 6.21. The molecule has 0 aromatic heterocycles. The van der Waals surface area contributed by atoms with Gasteiger partial charge in [0.1, 0.15) is 0 Å². The Morgan fingerprint density at radius 1 is 1.20 bits per heavy atom. The van der Waals surface area contributed by atoms with Crippen molar-refractivity contribution in [2.45, 2.75) is 6.92 Å². The van der Waals surface area contributed by atoms with Crippen molar-refractivity contribution in [3.8, 4) is 0 Å². The molecule has 0 rings (SSSR count). The molecule has 0 aliphatic carbocycles. The summed E-state index contributed by atoms with van der Waals surface area (Å²) in [6.07, 6.45) is 0. The van der Waals surface area contributed by atoms with Crippen LogP contribution in [0.25, 0.3) is 0 Å². The number of rotatable bonds is 0. The van der Waals surface area contributed by atoms with Crippen molar-refractivity contribution in [2.75, 3.05) is 14.1 Å². The zero-order chi connectivity index (χ0) is 8.73. The second-order valence-electron chi connectivity index (χ2n) is 1.62. The van der Waals surface area contributed by atoms with Crippen molar-refractivity contribution in [3.05, 3.63) is 0 Å². The van der Waals surface area contributed by atoms with Crippen LogP contribution in [0.1, 0.15) is 6.92 Å². The molecule has 6 heteroatoms. The van der Waals surface area contributed by atoms with Gasteiger partial charge in [-0.2, -0.15) is 0 Å². The molecule has 0 fully saturated rings. The molecule has 0 aromatic carbocycles. The standard InChI is InChI=1S/C4H9NO.O3S/c1-4(6)5(2)3;1-4(2)3/h1-3H3;. The fraction of sp³-hybridized carbons (Fsp3) is 0.750. The van der Waals surface area contributed by atoms with Crippen molar-refractivity contribution in [1.29, 1.82) is 0 Å². The predicted molar refractivity (Wildman–Crippen MR) is 34.1 cm³/mol. The summed E-state index contributed by atoms with van der Waals surface area (Å²) in [6.45, 7) is 1.53. The number of carbonyl (C=O) groups is 1. The molecule has 10 heavy (non-hydrogen) atoms. The van der Waals surface area contributed by atoms with Crippen LogP contribution in [0.4, 0.5) is 0 Å². The van der Waals surface area contributed by atoms with Gasteiger partial charge in [-0.05, 0) is 0 Å². The molecule has 0 saturated heterocycles. The first-order chi connectivity index (χ1) is 4.37. The van der Waals surface area contributed by atoms with Crippen molar-refractivity contribution in [1.82, 2.24) is 4.90 Å². The van der Waals surface area contributed by atoms with E-state index >= 15 is 0 Å². The highest BCUT2D eigenvalue weighted by Gasteiger charge is 1.87. The Morgan fingerprint density at radius 2 is 1.30 bits per heavy atom. The molecule has 0 aliphatic rings. The van der Waals surface area contributed by atoms with Gasteiger partial charge < -0.3 is 4.90 Å². The Balaban J connectivity index is 0. The van der Waals surface area contributed by atoms with E-state index in [0.29, 0.717) is 0 Å². The highest BCUT2D eigenvalue weighted by Crippen LogP contribution is 1.69. The normalized spacial score (nSPS) is 7.10. The van der Waals surface area contributed by atoms with Gasteiger partial charge in [0.25, 0.3) is 0 Å². The lowest BCUT2D eigenvalue weighted by atomic mass is 10.7. The van der Waals surface area contributed by atoms with Gasteiger partial charge in [-0.25, -0.2) is 0 Å². The third-order valence-corrected chi connectivity index (χ3v) is 0.630. The van der Waals surface area contributed by atoms with Gasteiger partial charge in [-0.1, -0.05) is 0 Å². The average Bonchev–Trinajstić information content (AvgIpc) is 1.63. The van der Waals surface area contributed by atoms with Crippen LogP contribution in [0.2, 0.25) is 0 Å². The highest BCUT2D eigenvalue weighted by molar-refractivity contribution is 7.59. The van der Waals surface area contributed by atoms with Crippen molar-refractivity contribution < 1.29 is 17.4 Å². The van der Waals surface area contributed by atoms with E-state index in [1.807, 2.05) is 0 Å². The quantitative estimate of drug-likeness (QED) is 0.468. The summed E-state index contributed by atoms with van der Waals surface area (Å²) in [4.78, 5) is 11.6. The fourth-order valence-electron chi connectivity index (χ4n) is 0. The number of carbonyl (C=O) groups excluding carboxylic acids is 1. The number of hydrogen-bond donors (Lipinski definition) is 0. The first-order valence-corrected chi connectivity index (χ1v) is 3.32. The molecule has 1 amide bonds. The van der Waals surface area contributed by atoms with Crippen LogP contribution in [0.15, 0.2) is 0 Å². The lowest BCUT2D eigenvalue weighted by molar-refractivity contribution is -0.126. The summed E-state index contributed by atoms with van der Waals surface area (Å²) < 4.78 is 25.3. The van der Waals surface area contributed by atoms with Crippen LogP contribution in [-0.2, 0) is 15.4 Å². The van der Waals surface area contributed by atoms with E-state index in [1.54, 1.807) is 14.1 Å². The third-order valence-electron chi connectivity index (χ3n) is 0.630. The van der Waals surface area contributed by atoms with Gasteiger partial charge in [0.05, 0.1) is 0 Å². The summed E-state index contributed by atoms with van der Waals surface area (Å²) in [6, 6.07) is 0. The Labute approximate surface area is 60.7 Å². The largest absolute Gasteiger partial charge is 0.425 e. The highest BCUT2D eigenvalue weighted by atomic mass is 32.2. The summed E-state index contributed by atoms with van der Waals surface area (Å²) >= 11 is 0. The van der Waals surface area contributed by atoms with Gasteiger partial charge in [-0.15, -0.1) is 12.6 Å². The van der Waals surface area contributed by atoms with E-state index < -0.39 is 10.6 Å². The Morgan fingerprint density at radius 3 is 1.30 bits per heavy atom. The van der Waals surface area contributed by atoms with E-state index in [1.165, 1.54) is 11.8 Å². The Hall–Kier alpha value is -0.910. The van der Waals surface area contributed by atoms with Gasteiger partial charge in [0, 0.05) is 21.0 Å². The van der Waals surface area contributed by atoms with Gasteiger partial charge >= 0.3 is 10.6 Å². The molecule has 0 heterocycles. The SMILES string of the molecule is CC(=O)N(C)C.O=S(=O)=O. The zero-order valence-electron chi connectivity index (χ0n) is 5.99. The molecule has 0 spiro atoms. The maximum absolute atomic E-state index is 10.1. The third kappa shape index (κ3) is 27.5. The first-order valence-electron chi connectivity index (χ1n) is 2.32. The van der Waals surface area contributed by atoms with E-state index in [4.69, 9.17) is 12.6 Å². The summed E-state index contributed by atoms with van der Waals surface area (Å²) in [5, 5.41) is 0. The summed E-state index contributed by atoms with van der Waals surface area (Å²) in [5.41, 5.74) is 0. The molecule has 0 atom stereocenters. The Kier molecular flexibility index (Phi) is 7.35. The number of amides is 1. The van der Waals surface area contributed by atoms with Gasteiger partial charge in [0.15, 0.2) is 0 Å². The lowest BCUT2D eigenvalue weighted by Gasteiger charge is -2.02. The van der Waals surface area contributed by atoms with E-state index in [0.717, 1.165) is 0 Å². The van der Waals surface area contributed by atoms with Crippen LogP contribution in [0.5, 0.6) is 0 Å². The van der Waals surface area contributed by atoms with Crippen LogP contribution in [0.3, 0.4) is 0 Å². The van der Waals surface area contributed by atoms with Crippen LogP contribution in [0, 0.1) is 0 Å². The molecular weight excluding hydrogens is 158 g/mol. The minimum Gasteiger partial charge on any atom is -0.349 e. The zero-order valence-corrected chi connectivity index (χ0v) is 6.80. The second-order valence-corrected chi connectivity index (χ2v) is 2.03. The molecule has 0 unspecified atom stereocenters. The average molecular weight is 167 g/mol. The predicted octanol–water partition coefficient (Wildman–Crippen LogP) is -0.910. The minimum atomic E-state index is -3.11. The Bertz CT molecular complexity index is 184. The summed E-state index contributed by atoms with van der Waals surface area (Å²) in [5.74, 6) is 0.0926. The van der Waals surface area contributed by atoms with Crippen LogP contribution < -0.4 is 0 Å². The molecule has 0 radical (unpaired) electrons. The molecule has 0 N–H and O–H groups in total. The molecular formula is C4H9NO4S. The number of hydrogen-bond acceptors (Lipinski definition) is 4. The van der Waals surface area contributed by atoms with Crippen molar-refractivity contribution >= 4 is 16.5 Å². The monoisotopic (exact) mass is 167 g/mol. The minimum absolute atomic E-state index is 0.0926. The van der Waals surface area contributed by atoms with Gasteiger partial charge in [-0.3, -0.25) is 4.79 Å². The van der Waals surface area contributed by atoms with Gasteiger partial charge in [0.2, 0.25) is 5.91 Å². The lowest BCUT2D eigenvalue weighted by Crippen LogP contribution is -2.17. The van der Waals surface area contributed by atoms with E-state index in [2.05, 4.69) is 0 Å². The fourth-order valence-corrected chi connectivity index (χ4v) is 0. The van der Waals surface area contributed by atoms with E-state index in [9.17, 15) is 4.79 Å². The number of nitrogens with zero attached hydrogens (tertiary/aromatic N) is 1. The maximum atomic E-state index is 10.1. The summed E-state index contributed by atoms with van der Waals surface area (Å²) in [7, 11) is 0.338. The first kappa shape index (κ1) is 11.8. The van der Waals surface area contributed by atoms with Crippen molar-refractivity contribution in [2.24, 2.45) is 0 Å².